The molecule has 0 amide bonds. The summed E-state index contributed by atoms with van der Waals surface area (Å²) in [6, 6.07) is 12.0. The van der Waals surface area contributed by atoms with E-state index < -0.39 is 0 Å². The summed E-state index contributed by atoms with van der Waals surface area (Å²) < 4.78 is 1.63. The molecule has 1 aromatic carbocycles. The van der Waals surface area contributed by atoms with Gasteiger partial charge in [0.25, 0.3) is 0 Å². The van der Waals surface area contributed by atoms with Gasteiger partial charge >= 0.3 is 0 Å². The Bertz CT molecular complexity index is 923. The van der Waals surface area contributed by atoms with E-state index in [0.29, 0.717) is 23.0 Å². The zero-order valence-corrected chi connectivity index (χ0v) is 15.8. The molecule has 0 spiro atoms. The number of aromatic nitrogens is 3. The average molecular weight is 389 g/mol. The van der Waals surface area contributed by atoms with E-state index in [9.17, 15) is 5.26 Å². The lowest BCUT2D eigenvalue weighted by molar-refractivity contribution is 0.874. The highest BCUT2D eigenvalue weighted by molar-refractivity contribution is 6.18. The zero-order chi connectivity index (χ0) is 18.5. The predicted octanol–water partition coefficient (Wildman–Crippen LogP) is 3.94. The lowest BCUT2D eigenvalue weighted by Gasteiger charge is -2.23. The van der Waals surface area contributed by atoms with Crippen molar-refractivity contribution in [3.05, 3.63) is 47.8 Å². The minimum Gasteiger partial charge on any atom is -0.369 e. The summed E-state index contributed by atoms with van der Waals surface area (Å²) in [4.78, 5) is 6.54. The van der Waals surface area contributed by atoms with Crippen molar-refractivity contribution in [1.29, 1.82) is 5.26 Å². The normalized spacial score (nSPS) is 10.7. The maximum Gasteiger partial charge on any atom is 0.175 e. The number of nitriles is 1. The van der Waals surface area contributed by atoms with Gasteiger partial charge < -0.3 is 10.2 Å². The molecular formula is C18H18Cl2N6. The maximum atomic E-state index is 9.18. The van der Waals surface area contributed by atoms with Crippen LogP contribution in [-0.4, -0.2) is 39.4 Å². The van der Waals surface area contributed by atoms with Crippen molar-refractivity contribution < 1.29 is 0 Å². The van der Waals surface area contributed by atoms with Gasteiger partial charge in [0.05, 0.1) is 6.20 Å². The number of benzene rings is 1. The Morgan fingerprint density at radius 1 is 1.19 bits per heavy atom. The summed E-state index contributed by atoms with van der Waals surface area (Å²) in [6.07, 6.45) is 1.52. The molecule has 26 heavy (non-hydrogen) atoms. The quantitative estimate of drug-likeness (QED) is 0.620. The Morgan fingerprint density at radius 3 is 2.50 bits per heavy atom. The molecule has 3 aromatic rings. The SMILES string of the molecule is Cc1cc(Nc2ccc(N(CCCl)CCCl)cc2)n2ncc(C#N)c2n1. The Morgan fingerprint density at radius 2 is 1.88 bits per heavy atom. The number of aryl methyl sites for hydroxylation is 1. The molecular weight excluding hydrogens is 371 g/mol. The lowest BCUT2D eigenvalue weighted by Crippen LogP contribution is -2.27. The number of nitrogens with zero attached hydrogens (tertiary/aromatic N) is 5. The Labute approximate surface area is 162 Å². The second-order valence-corrected chi connectivity index (χ2v) is 6.48. The van der Waals surface area contributed by atoms with E-state index in [1.165, 1.54) is 6.20 Å². The van der Waals surface area contributed by atoms with Crippen LogP contribution in [0.1, 0.15) is 11.3 Å². The van der Waals surface area contributed by atoms with Crippen LogP contribution in [0, 0.1) is 18.3 Å². The third-order valence-electron chi connectivity index (χ3n) is 3.93. The van der Waals surface area contributed by atoms with Crippen molar-refractivity contribution in [2.24, 2.45) is 0 Å². The Balaban J connectivity index is 1.87. The first kappa shape index (κ1) is 18.3. The van der Waals surface area contributed by atoms with Gasteiger partial charge in [-0.25, -0.2) is 4.98 Å². The number of fused-ring (bicyclic) bond motifs is 1. The van der Waals surface area contributed by atoms with Crippen LogP contribution >= 0.6 is 23.2 Å². The van der Waals surface area contributed by atoms with Crippen LogP contribution < -0.4 is 10.2 Å². The second kappa shape index (κ2) is 8.26. The standard InChI is InChI=1S/C18H18Cl2N6/c1-13-10-17(26-18(23-13)14(11-21)12-22-26)24-15-2-4-16(5-3-15)25(8-6-19)9-7-20/h2-5,10,12,24H,6-9H2,1H3. The lowest BCUT2D eigenvalue weighted by atomic mass is 10.2. The highest BCUT2D eigenvalue weighted by Crippen LogP contribution is 2.23. The molecule has 6 nitrogen and oxygen atoms in total. The summed E-state index contributed by atoms with van der Waals surface area (Å²) >= 11 is 11.7. The molecule has 0 aliphatic carbocycles. The Kier molecular flexibility index (Phi) is 5.82. The molecule has 0 atom stereocenters. The molecule has 8 heteroatoms. The van der Waals surface area contributed by atoms with E-state index in [0.717, 1.165) is 36.0 Å². The summed E-state index contributed by atoms with van der Waals surface area (Å²) in [5.41, 5.74) is 3.78. The summed E-state index contributed by atoms with van der Waals surface area (Å²) in [7, 11) is 0. The first-order valence-corrected chi connectivity index (χ1v) is 9.22. The molecule has 3 rings (SSSR count). The molecule has 134 valence electrons. The monoisotopic (exact) mass is 388 g/mol. The fourth-order valence-corrected chi connectivity index (χ4v) is 3.14. The van der Waals surface area contributed by atoms with Gasteiger partial charge in [-0.05, 0) is 31.2 Å². The number of halogens is 2. The van der Waals surface area contributed by atoms with Crippen molar-refractivity contribution >= 4 is 46.0 Å². The summed E-state index contributed by atoms with van der Waals surface area (Å²) in [5.74, 6) is 1.84. The van der Waals surface area contributed by atoms with Crippen LogP contribution in [0.4, 0.5) is 17.2 Å². The van der Waals surface area contributed by atoms with Gasteiger partial charge in [-0.1, -0.05) is 0 Å². The molecule has 2 heterocycles. The molecule has 0 bridgehead atoms. The topological polar surface area (TPSA) is 69.2 Å². The van der Waals surface area contributed by atoms with Crippen molar-refractivity contribution in [3.8, 4) is 6.07 Å². The van der Waals surface area contributed by atoms with Gasteiger partial charge in [-0.15, -0.1) is 23.2 Å². The number of hydrogen-bond donors (Lipinski definition) is 1. The molecule has 0 saturated heterocycles. The van der Waals surface area contributed by atoms with Gasteiger partial charge in [0.2, 0.25) is 0 Å². The van der Waals surface area contributed by atoms with Gasteiger partial charge in [0.1, 0.15) is 17.5 Å². The number of alkyl halides is 2. The van der Waals surface area contributed by atoms with Crippen LogP contribution in [0.25, 0.3) is 5.65 Å². The minimum absolute atomic E-state index is 0.449. The van der Waals surface area contributed by atoms with Gasteiger partial charge in [0, 0.05) is 48.0 Å². The fourth-order valence-electron chi connectivity index (χ4n) is 2.73. The molecule has 0 aliphatic rings. The molecule has 1 N–H and O–H groups in total. The molecule has 0 aliphatic heterocycles. The van der Waals surface area contributed by atoms with Gasteiger partial charge in [-0.2, -0.15) is 14.9 Å². The highest BCUT2D eigenvalue weighted by Gasteiger charge is 2.11. The van der Waals surface area contributed by atoms with Crippen LogP contribution in [0.3, 0.4) is 0 Å². The second-order valence-electron chi connectivity index (χ2n) is 5.73. The van der Waals surface area contributed by atoms with E-state index >= 15 is 0 Å². The fraction of sp³-hybridized carbons (Fsp3) is 0.278. The first-order valence-electron chi connectivity index (χ1n) is 8.15. The number of rotatable bonds is 7. The molecule has 2 aromatic heterocycles. The van der Waals surface area contributed by atoms with E-state index in [1.807, 2.05) is 37.3 Å². The van der Waals surface area contributed by atoms with E-state index in [4.69, 9.17) is 23.2 Å². The van der Waals surface area contributed by atoms with Crippen LogP contribution in [0.15, 0.2) is 36.5 Å². The van der Waals surface area contributed by atoms with Crippen molar-refractivity contribution in [2.45, 2.75) is 6.92 Å². The largest absolute Gasteiger partial charge is 0.369 e. The first-order chi connectivity index (χ1) is 12.7. The molecule has 0 unspecified atom stereocenters. The highest BCUT2D eigenvalue weighted by atomic mass is 35.5. The van der Waals surface area contributed by atoms with Crippen LogP contribution in [0.2, 0.25) is 0 Å². The summed E-state index contributed by atoms with van der Waals surface area (Å²) in [5, 5.41) is 16.8. The van der Waals surface area contributed by atoms with Crippen molar-refractivity contribution in [3.63, 3.8) is 0 Å². The van der Waals surface area contributed by atoms with E-state index in [2.05, 4.69) is 26.4 Å². The minimum atomic E-state index is 0.449. The van der Waals surface area contributed by atoms with Crippen LogP contribution in [-0.2, 0) is 0 Å². The van der Waals surface area contributed by atoms with Gasteiger partial charge in [-0.3, -0.25) is 0 Å². The van der Waals surface area contributed by atoms with Crippen molar-refractivity contribution in [2.75, 3.05) is 35.1 Å². The number of anilines is 3. The maximum absolute atomic E-state index is 9.18. The molecule has 0 fully saturated rings. The molecule has 0 saturated carbocycles. The zero-order valence-electron chi connectivity index (χ0n) is 14.3. The third-order valence-corrected chi connectivity index (χ3v) is 4.27. The van der Waals surface area contributed by atoms with E-state index in [-0.39, 0.29) is 0 Å². The smallest absolute Gasteiger partial charge is 0.175 e. The number of hydrogen-bond acceptors (Lipinski definition) is 5. The molecule has 0 radical (unpaired) electrons. The predicted molar refractivity (Wildman–Crippen MR) is 106 cm³/mol. The number of nitrogens with one attached hydrogen (secondary N) is 1. The van der Waals surface area contributed by atoms with Crippen molar-refractivity contribution in [1.82, 2.24) is 14.6 Å². The summed E-state index contributed by atoms with van der Waals surface area (Å²) in [6.45, 7) is 3.38. The third kappa shape index (κ3) is 3.85. The average Bonchev–Trinajstić information content (AvgIpc) is 3.05. The van der Waals surface area contributed by atoms with Crippen LogP contribution in [0.5, 0.6) is 0 Å². The van der Waals surface area contributed by atoms with E-state index in [1.54, 1.807) is 4.52 Å². The van der Waals surface area contributed by atoms with Gasteiger partial charge in [0.15, 0.2) is 5.65 Å². The Hall–Kier alpha value is -2.49.